The average molecular weight is 477 g/mol. The predicted octanol–water partition coefficient (Wildman–Crippen LogP) is 4.65. The number of carboxylic acids is 1. The van der Waals surface area contributed by atoms with Crippen LogP contribution in [0.3, 0.4) is 0 Å². The molecule has 4 aromatic rings. The first-order valence-corrected chi connectivity index (χ1v) is 11.4. The molecule has 8 nitrogen and oxygen atoms in total. The van der Waals surface area contributed by atoms with E-state index in [9.17, 15) is 19.5 Å². The Balaban J connectivity index is 1.41. The quantitative estimate of drug-likeness (QED) is 0.434. The number of anilines is 1. The summed E-state index contributed by atoms with van der Waals surface area (Å²) < 4.78 is 11.1. The molecule has 9 heteroatoms. The number of hydrogen-bond acceptors (Lipinski definition) is 6. The number of hydrogen-bond donors (Lipinski definition) is 2. The molecule has 3 heterocycles. The van der Waals surface area contributed by atoms with Gasteiger partial charge in [-0.15, -0.1) is 11.3 Å². The maximum atomic E-state index is 13.2. The molecule has 1 aliphatic heterocycles. The smallest absolute Gasteiger partial charge is 0.339 e. The number of thiophene rings is 1. The number of nitrogens with zero attached hydrogens (tertiary/aromatic N) is 1. The minimum Gasteiger partial charge on any atom is -0.493 e. The summed E-state index contributed by atoms with van der Waals surface area (Å²) in [7, 11) is 1.54. The third-order valence-corrected chi connectivity index (χ3v) is 6.89. The summed E-state index contributed by atoms with van der Waals surface area (Å²) in [4.78, 5) is 40.2. The van der Waals surface area contributed by atoms with Crippen molar-refractivity contribution in [2.75, 3.05) is 19.0 Å². The molecule has 5 rings (SSSR count). The predicted molar refractivity (Wildman–Crippen MR) is 127 cm³/mol. The second-order valence-corrected chi connectivity index (χ2v) is 8.90. The van der Waals surface area contributed by atoms with Crippen molar-refractivity contribution >= 4 is 45.1 Å². The Kier molecular flexibility index (Phi) is 5.54. The minimum atomic E-state index is -1.11. The lowest BCUT2D eigenvalue weighted by atomic mass is 10.0. The van der Waals surface area contributed by atoms with Gasteiger partial charge in [0.15, 0.2) is 17.1 Å². The molecule has 0 atom stereocenters. The molecule has 0 radical (unpaired) electrons. The lowest BCUT2D eigenvalue weighted by Gasteiger charge is -2.26. The highest BCUT2D eigenvalue weighted by molar-refractivity contribution is 7.17. The van der Waals surface area contributed by atoms with Gasteiger partial charge in [0.1, 0.15) is 5.00 Å². The van der Waals surface area contributed by atoms with Crippen molar-refractivity contribution in [2.45, 2.75) is 13.0 Å². The number of amides is 2. The van der Waals surface area contributed by atoms with Crippen molar-refractivity contribution in [1.82, 2.24) is 4.90 Å². The summed E-state index contributed by atoms with van der Waals surface area (Å²) >= 11 is 1.18. The van der Waals surface area contributed by atoms with Crippen molar-refractivity contribution in [1.29, 1.82) is 0 Å². The van der Waals surface area contributed by atoms with Gasteiger partial charge in [-0.3, -0.25) is 9.59 Å². The Labute approximate surface area is 198 Å². The topological polar surface area (TPSA) is 109 Å². The van der Waals surface area contributed by atoms with E-state index in [1.54, 1.807) is 47.4 Å². The fourth-order valence-electron chi connectivity index (χ4n) is 4.11. The van der Waals surface area contributed by atoms with E-state index in [1.807, 2.05) is 12.1 Å². The van der Waals surface area contributed by atoms with E-state index in [1.165, 1.54) is 18.4 Å². The Hall–Kier alpha value is -4.11. The number of benzene rings is 2. The van der Waals surface area contributed by atoms with Crippen LogP contribution in [0.5, 0.6) is 5.75 Å². The molecule has 34 heavy (non-hydrogen) atoms. The van der Waals surface area contributed by atoms with Crippen molar-refractivity contribution in [3.63, 3.8) is 0 Å². The van der Waals surface area contributed by atoms with E-state index in [0.717, 1.165) is 10.3 Å². The zero-order valence-electron chi connectivity index (χ0n) is 18.2. The van der Waals surface area contributed by atoms with Gasteiger partial charge in [-0.05, 0) is 36.2 Å². The van der Waals surface area contributed by atoms with Gasteiger partial charge in [0, 0.05) is 22.4 Å². The van der Waals surface area contributed by atoms with E-state index < -0.39 is 5.97 Å². The van der Waals surface area contributed by atoms with Crippen molar-refractivity contribution in [3.05, 3.63) is 81.9 Å². The average Bonchev–Trinajstić information content (AvgIpc) is 3.44. The van der Waals surface area contributed by atoms with Gasteiger partial charge in [-0.1, -0.05) is 30.3 Å². The van der Waals surface area contributed by atoms with Gasteiger partial charge in [-0.25, -0.2) is 4.79 Å². The van der Waals surface area contributed by atoms with Gasteiger partial charge in [0.25, 0.3) is 11.8 Å². The van der Waals surface area contributed by atoms with Gasteiger partial charge in [0.05, 0.1) is 19.2 Å². The molecule has 1 aliphatic rings. The van der Waals surface area contributed by atoms with Crippen LogP contribution in [0, 0.1) is 0 Å². The highest BCUT2D eigenvalue weighted by atomic mass is 32.1. The number of fused-ring (bicyclic) bond motifs is 2. The first-order valence-electron chi connectivity index (χ1n) is 10.6. The third-order valence-electron chi connectivity index (χ3n) is 5.76. The molecule has 2 N–H and O–H groups in total. The van der Waals surface area contributed by atoms with Gasteiger partial charge in [0.2, 0.25) is 0 Å². The van der Waals surface area contributed by atoms with E-state index in [4.69, 9.17) is 9.15 Å². The maximum Gasteiger partial charge on any atom is 0.339 e. The molecule has 0 fully saturated rings. The number of carbonyl (C=O) groups excluding carboxylic acids is 2. The molecule has 0 bridgehead atoms. The number of carboxylic acid groups (broad SMARTS) is 1. The Morgan fingerprint density at radius 1 is 1.12 bits per heavy atom. The van der Waals surface area contributed by atoms with Gasteiger partial charge in [-0.2, -0.15) is 0 Å². The highest BCUT2D eigenvalue weighted by Crippen LogP contribution is 2.38. The fraction of sp³-hybridized carbons (Fsp3) is 0.160. The number of aromatic carboxylic acids is 1. The Morgan fingerprint density at radius 3 is 2.65 bits per heavy atom. The Morgan fingerprint density at radius 2 is 1.91 bits per heavy atom. The second-order valence-electron chi connectivity index (χ2n) is 7.80. The summed E-state index contributed by atoms with van der Waals surface area (Å²) in [5.41, 5.74) is 1.67. The van der Waals surface area contributed by atoms with Crippen LogP contribution in [0.1, 0.15) is 41.7 Å². The van der Waals surface area contributed by atoms with Gasteiger partial charge >= 0.3 is 5.97 Å². The lowest BCUT2D eigenvalue weighted by molar-refractivity contribution is 0.0694. The van der Waals surface area contributed by atoms with Crippen LogP contribution in [0.4, 0.5) is 5.00 Å². The van der Waals surface area contributed by atoms with E-state index in [2.05, 4.69) is 5.32 Å². The van der Waals surface area contributed by atoms with Crippen LogP contribution in [-0.2, 0) is 13.0 Å². The molecule has 0 saturated heterocycles. The molecule has 0 unspecified atom stereocenters. The number of carbonyl (C=O) groups is 3. The second kappa shape index (κ2) is 8.68. The molecule has 2 amide bonds. The third kappa shape index (κ3) is 3.80. The molecule has 0 saturated carbocycles. The SMILES string of the molecule is COc1cccc2cc(C(=O)N3CCc4c(sc(NC(=O)c5ccccc5)c4C(=O)O)C3)oc12. The van der Waals surface area contributed by atoms with E-state index >= 15 is 0 Å². The first-order chi connectivity index (χ1) is 16.5. The maximum absolute atomic E-state index is 13.2. The highest BCUT2D eigenvalue weighted by Gasteiger charge is 2.31. The summed E-state index contributed by atoms with van der Waals surface area (Å²) in [5.74, 6) is -1.05. The van der Waals surface area contributed by atoms with E-state index in [-0.39, 0.29) is 34.7 Å². The van der Waals surface area contributed by atoms with Crippen LogP contribution in [-0.4, -0.2) is 41.4 Å². The van der Waals surface area contributed by atoms with Gasteiger partial charge < -0.3 is 24.5 Å². The normalized spacial score (nSPS) is 12.9. The van der Waals surface area contributed by atoms with Crippen LogP contribution in [0.2, 0.25) is 0 Å². The zero-order valence-corrected chi connectivity index (χ0v) is 19.0. The number of para-hydroxylation sites is 1. The monoisotopic (exact) mass is 476 g/mol. The zero-order chi connectivity index (χ0) is 23.8. The van der Waals surface area contributed by atoms with Crippen molar-refractivity contribution in [3.8, 4) is 5.75 Å². The molecular weight excluding hydrogens is 456 g/mol. The minimum absolute atomic E-state index is 0.0878. The summed E-state index contributed by atoms with van der Waals surface area (Å²) in [5, 5.41) is 13.6. The van der Waals surface area contributed by atoms with Crippen LogP contribution in [0.25, 0.3) is 11.0 Å². The molecule has 172 valence electrons. The standard InChI is InChI=1S/C25H20N2O6S/c1-32-17-9-5-8-15-12-18(33-21(15)17)24(29)27-11-10-16-19(13-27)34-23(20(16)25(30)31)26-22(28)14-6-3-2-4-7-14/h2-9,12H,10-11,13H2,1H3,(H,26,28)(H,30,31). The van der Waals surface area contributed by atoms with Crippen LogP contribution < -0.4 is 10.1 Å². The summed E-state index contributed by atoms with van der Waals surface area (Å²) in [6.45, 7) is 0.567. The van der Waals surface area contributed by atoms with Crippen LogP contribution >= 0.6 is 11.3 Å². The number of ether oxygens (including phenoxy) is 1. The van der Waals surface area contributed by atoms with Crippen molar-refractivity contribution in [2.24, 2.45) is 0 Å². The largest absolute Gasteiger partial charge is 0.493 e. The first kappa shape index (κ1) is 21.7. The Bertz CT molecular complexity index is 1420. The number of furan rings is 1. The lowest BCUT2D eigenvalue weighted by Crippen LogP contribution is -2.35. The molecule has 2 aromatic heterocycles. The number of methoxy groups -OCH3 is 1. The number of nitrogens with one attached hydrogen (secondary N) is 1. The van der Waals surface area contributed by atoms with E-state index in [0.29, 0.717) is 35.4 Å². The summed E-state index contributed by atoms with van der Waals surface area (Å²) in [6.07, 6.45) is 0.365. The molecule has 0 aliphatic carbocycles. The number of rotatable bonds is 5. The molecule has 2 aromatic carbocycles. The van der Waals surface area contributed by atoms with Crippen molar-refractivity contribution < 1.29 is 28.6 Å². The van der Waals surface area contributed by atoms with Crippen LogP contribution in [0.15, 0.2) is 59.0 Å². The fourth-order valence-corrected chi connectivity index (χ4v) is 5.36. The molecule has 0 spiro atoms. The summed E-state index contributed by atoms with van der Waals surface area (Å²) in [6, 6.07) is 15.7. The molecular formula is C25H20N2O6S.